The van der Waals surface area contributed by atoms with E-state index in [1.54, 1.807) is 13.3 Å². The number of hydrazone groups is 1. The molecule has 0 saturated carbocycles. The summed E-state index contributed by atoms with van der Waals surface area (Å²) in [5.74, 6) is 0.800. The van der Waals surface area contributed by atoms with Crippen LogP contribution in [0.4, 0.5) is 5.69 Å². The molecule has 0 aliphatic heterocycles. The van der Waals surface area contributed by atoms with Crippen molar-refractivity contribution in [1.82, 2.24) is 5.43 Å². The summed E-state index contributed by atoms with van der Waals surface area (Å²) in [6.45, 7) is 1.98. The zero-order valence-corrected chi connectivity index (χ0v) is 13.9. The quantitative estimate of drug-likeness (QED) is 0.494. The van der Waals surface area contributed by atoms with Crippen molar-refractivity contribution >= 4 is 35.3 Å². The summed E-state index contributed by atoms with van der Waals surface area (Å²) in [5, 5.41) is 7.60. The SMILES string of the molecule is COc1ccc(NC(=S)N/N=C\C(C)=C\c2ccccc2)cc1. The number of benzene rings is 2. The van der Waals surface area contributed by atoms with E-state index in [4.69, 9.17) is 17.0 Å². The van der Waals surface area contributed by atoms with E-state index in [0.717, 1.165) is 22.6 Å². The van der Waals surface area contributed by atoms with Crippen molar-refractivity contribution in [3.05, 3.63) is 65.7 Å². The van der Waals surface area contributed by atoms with E-state index in [2.05, 4.69) is 15.8 Å². The second kappa shape index (κ2) is 8.70. The Morgan fingerprint density at radius 3 is 2.43 bits per heavy atom. The highest BCUT2D eigenvalue weighted by Gasteiger charge is 1.96. The van der Waals surface area contributed by atoms with E-state index in [-0.39, 0.29) is 0 Å². The fourth-order valence-electron chi connectivity index (χ4n) is 1.88. The number of thiocarbonyl (C=S) groups is 1. The Hall–Kier alpha value is -2.66. The van der Waals surface area contributed by atoms with Crippen LogP contribution < -0.4 is 15.5 Å². The number of methoxy groups -OCH3 is 1. The Kier molecular flexibility index (Phi) is 6.32. The maximum absolute atomic E-state index is 5.19. The number of allylic oxidation sites excluding steroid dienone is 1. The molecule has 0 atom stereocenters. The van der Waals surface area contributed by atoms with Crippen LogP contribution in [0.15, 0.2) is 65.3 Å². The third-order valence-electron chi connectivity index (χ3n) is 2.98. The molecule has 2 rings (SSSR count). The fourth-order valence-corrected chi connectivity index (χ4v) is 2.05. The van der Waals surface area contributed by atoms with Gasteiger partial charge in [0, 0.05) is 5.69 Å². The number of anilines is 1. The van der Waals surface area contributed by atoms with E-state index >= 15 is 0 Å². The second-order valence-corrected chi connectivity index (χ2v) is 5.26. The van der Waals surface area contributed by atoms with Crippen LogP contribution in [0.1, 0.15) is 12.5 Å². The van der Waals surface area contributed by atoms with Crippen LogP contribution in [0.2, 0.25) is 0 Å². The molecule has 0 spiro atoms. The third-order valence-corrected chi connectivity index (χ3v) is 3.17. The van der Waals surface area contributed by atoms with Crippen LogP contribution in [0, 0.1) is 0 Å². The standard InChI is InChI=1S/C18H19N3OS/c1-14(12-15-6-4-3-5-7-15)13-19-21-18(23)20-16-8-10-17(22-2)11-9-16/h3-13H,1-2H3,(H2,20,21,23)/b14-12+,19-13-. The predicted octanol–water partition coefficient (Wildman–Crippen LogP) is 4.07. The molecule has 2 aromatic rings. The van der Waals surface area contributed by atoms with Crippen molar-refractivity contribution in [3.8, 4) is 5.75 Å². The molecule has 0 bridgehead atoms. The number of hydrogen-bond donors (Lipinski definition) is 2. The van der Waals surface area contributed by atoms with Crippen LogP contribution in [0.5, 0.6) is 5.75 Å². The van der Waals surface area contributed by atoms with Gasteiger partial charge in [-0.15, -0.1) is 0 Å². The van der Waals surface area contributed by atoms with Gasteiger partial charge in [-0.2, -0.15) is 5.10 Å². The summed E-state index contributed by atoms with van der Waals surface area (Å²) in [5.41, 5.74) is 5.82. The second-order valence-electron chi connectivity index (χ2n) is 4.85. The van der Waals surface area contributed by atoms with Gasteiger partial charge in [-0.1, -0.05) is 36.4 Å². The smallest absolute Gasteiger partial charge is 0.191 e. The van der Waals surface area contributed by atoms with Gasteiger partial charge in [0.25, 0.3) is 0 Å². The molecule has 0 saturated heterocycles. The molecular weight excluding hydrogens is 306 g/mol. The van der Waals surface area contributed by atoms with Gasteiger partial charge in [0.1, 0.15) is 5.75 Å². The Bertz CT molecular complexity index is 694. The fraction of sp³-hybridized carbons (Fsp3) is 0.111. The molecule has 0 amide bonds. The highest BCUT2D eigenvalue weighted by Crippen LogP contribution is 2.14. The van der Waals surface area contributed by atoms with Gasteiger partial charge in [-0.05, 0) is 54.5 Å². The molecule has 0 fully saturated rings. The van der Waals surface area contributed by atoms with Gasteiger partial charge in [-0.3, -0.25) is 5.43 Å². The lowest BCUT2D eigenvalue weighted by molar-refractivity contribution is 0.415. The Balaban J connectivity index is 1.84. The van der Waals surface area contributed by atoms with Crippen LogP contribution >= 0.6 is 12.2 Å². The molecule has 118 valence electrons. The number of nitrogens with one attached hydrogen (secondary N) is 2. The molecule has 5 heteroatoms. The van der Waals surface area contributed by atoms with Gasteiger partial charge in [0.05, 0.1) is 13.3 Å². The monoisotopic (exact) mass is 325 g/mol. The molecule has 0 unspecified atom stereocenters. The highest BCUT2D eigenvalue weighted by molar-refractivity contribution is 7.80. The van der Waals surface area contributed by atoms with Crippen LogP contribution in [-0.4, -0.2) is 18.4 Å². The zero-order chi connectivity index (χ0) is 16.5. The van der Waals surface area contributed by atoms with Gasteiger partial charge in [0.2, 0.25) is 0 Å². The number of hydrogen-bond acceptors (Lipinski definition) is 3. The largest absolute Gasteiger partial charge is 0.497 e. The summed E-state index contributed by atoms with van der Waals surface area (Å²) >= 11 is 5.19. The van der Waals surface area contributed by atoms with Crippen molar-refractivity contribution in [2.45, 2.75) is 6.92 Å². The van der Waals surface area contributed by atoms with Crippen LogP contribution in [0.3, 0.4) is 0 Å². The minimum Gasteiger partial charge on any atom is -0.497 e. The summed E-state index contributed by atoms with van der Waals surface area (Å²) in [6.07, 6.45) is 3.78. The van der Waals surface area contributed by atoms with E-state index in [1.807, 2.05) is 67.6 Å². The molecular formula is C18H19N3OS. The molecule has 0 aliphatic carbocycles. The maximum Gasteiger partial charge on any atom is 0.191 e. The minimum absolute atomic E-state index is 0.430. The average Bonchev–Trinajstić information content (AvgIpc) is 2.56. The summed E-state index contributed by atoms with van der Waals surface area (Å²) < 4.78 is 5.11. The van der Waals surface area contributed by atoms with E-state index < -0.39 is 0 Å². The van der Waals surface area contributed by atoms with Crippen molar-refractivity contribution in [3.63, 3.8) is 0 Å². The number of rotatable bonds is 5. The topological polar surface area (TPSA) is 45.6 Å². The Morgan fingerprint density at radius 2 is 1.78 bits per heavy atom. The van der Waals surface area contributed by atoms with Gasteiger partial charge in [0.15, 0.2) is 5.11 Å². The first-order chi connectivity index (χ1) is 11.2. The molecule has 0 aromatic heterocycles. The van der Waals surface area contributed by atoms with E-state index in [9.17, 15) is 0 Å². The van der Waals surface area contributed by atoms with Crippen molar-refractivity contribution in [2.75, 3.05) is 12.4 Å². The van der Waals surface area contributed by atoms with Gasteiger partial charge in [-0.25, -0.2) is 0 Å². The zero-order valence-electron chi connectivity index (χ0n) is 13.1. The van der Waals surface area contributed by atoms with Gasteiger partial charge < -0.3 is 10.1 Å². The normalized spacial score (nSPS) is 11.3. The molecule has 0 radical (unpaired) electrons. The molecule has 4 nitrogen and oxygen atoms in total. The van der Waals surface area contributed by atoms with E-state index in [1.165, 1.54) is 0 Å². The van der Waals surface area contributed by atoms with Crippen molar-refractivity contribution < 1.29 is 4.74 Å². The number of nitrogens with zero attached hydrogens (tertiary/aromatic N) is 1. The van der Waals surface area contributed by atoms with Gasteiger partial charge >= 0.3 is 0 Å². The summed E-state index contributed by atoms with van der Waals surface area (Å²) in [4.78, 5) is 0. The summed E-state index contributed by atoms with van der Waals surface area (Å²) in [7, 11) is 1.63. The van der Waals surface area contributed by atoms with Crippen molar-refractivity contribution in [2.24, 2.45) is 5.10 Å². The summed E-state index contributed by atoms with van der Waals surface area (Å²) in [6, 6.07) is 17.6. The minimum atomic E-state index is 0.430. The van der Waals surface area contributed by atoms with E-state index in [0.29, 0.717) is 5.11 Å². The lowest BCUT2D eigenvalue weighted by atomic mass is 10.1. The lowest BCUT2D eigenvalue weighted by Gasteiger charge is -2.07. The molecule has 0 aliphatic rings. The third kappa shape index (κ3) is 5.92. The first kappa shape index (κ1) is 16.7. The maximum atomic E-state index is 5.19. The van der Waals surface area contributed by atoms with Crippen LogP contribution in [0.25, 0.3) is 6.08 Å². The molecule has 0 heterocycles. The molecule has 23 heavy (non-hydrogen) atoms. The first-order valence-electron chi connectivity index (χ1n) is 7.15. The predicted molar refractivity (Wildman–Crippen MR) is 101 cm³/mol. The number of ether oxygens (including phenoxy) is 1. The molecule has 2 N–H and O–H groups in total. The molecule has 2 aromatic carbocycles. The van der Waals surface area contributed by atoms with Crippen LogP contribution in [-0.2, 0) is 0 Å². The van der Waals surface area contributed by atoms with Crippen molar-refractivity contribution in [1.29, 1.82) is 0 Å². The average molecular weight is 325 g/mol. The Morgan fingerprint density at radius 1 is 1.09 bits per heavy atom. The lowest BCUT2D eigenvalue weighted by Crippen LogP contribution is -2.23. The Labute approximate surface area is 141 Å². The first-order valence-corrected chi connectivity index (χ1v) is 7.55. The highest BCUT2D eigenvalue weighted by atomic mass is 32.1.